The molecule has 0 saturated carbocycles. The molecule has 2 atom stereocenters. The van der Waals surface area contributed by atoms with Gasteiger partial charge in [-0.3, -0.25) is 0 Å². The minimum Gasteiger partial charge on any atom is -0.392 e. The largest absolute Gasteiger partial charge is 0.392 e. The standard InChI is InChI=1S/C10H25N3O2/c11-4-2-1-3-5-13-8-10(15)6-9(14)7-12/h9-10,13-15H,1-8,11-12H2/t9?,10-/m1/s1. The van der Waals surface area contributed by atoms with Crippen molar-refractivity contribution >= 4 is 0 Å². The van der Waals surface area contributed by atoms with Gasteiger partial charge in [0.15, 0.2) is 0 Å². The fourth-order valence-corrected chi connectivity index (χ4v) is 1.33. The Kier molecular flexibility index (Phi) is 10.2. The van der Waals surface area contributed by atoms with Gasteiger partial charge >= 0.3 is 0 Å². The quantitative estimate of drug-likeness (QED) is 0.296. The third kappa shape index (κ3) is 10.1. The van der Waals surface area contributed by atoms with E-state index in [0.29, 0.717) is 13.0 Å². The summed E-state index contributed by atoms with van der Waals surface area (Å²) in [5.74, 6) is 0. The number of nitrogens with two attached hydrogens (primary N) is 2. The molecule has 0 spiro atoms. The van der Waals surface area contributed by atoms with Crippen molar-refractivity contribution in [2.45, 2.75) is 37.9 Å². The van der Waals surface area contributed by atoms with Crippen LogP contribution in [-0.2, 0) is 0 Å². The van der Waals surface area contributed by atoms with Crippen molar-refractivity contribution in [2.24, 2.45) is 11.5 Å². The first-order valence-electron chi connectivity index (χ1n) is 5.67. The SMILES string of the molecule is NCCCCCNC[C@H](O)CC(O)CN. The van der Waals surface area contributed by atoms with Gasteiger partial charge < -0.3 is 27.0 Å². The first kappa shape index (κ1) is 14.8. The topological polar surface area (TPSA) is 105 Å². The average molecular weight is 219 g/mol. The molecule has 15 heavy (non-hydrogen) atoms. The van der Waals surface area contributed by atoms with E-state index in [1.165, 1.54) is 0 Å². The molecule has 7 N–H and O–H groups in total. The molecule has 5 heteroatoms. The lowest BCUT2D eigenvalue weighted by Gasteiger charge is -2.14. The first-order chi connectivity index (χ1) is 7.20. The number of hydrogen-bond acceptors (Lipinski definition) is 5. The smallest absolute Gasteiger partial charge is 0.0689 e. The summed E-state index contributed by atoms with van der Waals surface area (Å²) in [7, 11) is 0. The predicted octanol–water partition coefficient (Wildman–Crippen LogP) is -1.22. The molecular weight excluding hydrogens is 194 g/mol. The molecule has 1 unspecified atom stereocenters. The summed E-state index contributed by atoms with van der Waals surface area (Å²) >= 11 is 0. The van der Waals surface area contributed by atoms with Crippen molar-refractivity contribution in [3.63, 3.8) is 0 Å². The Morgan fingerprint density at radius 1 is 1.00 bits per heavy atom. The summed E-state index contributed by atoms with van der Waals surface area (Å²) in [6, 6.07) is 0. The molecule has 92 valence electrons. The Balaban J connectivity index is 3.20. The summed E-state index contributed by atoms with van der Waals surface area (Å²) < 4.78 is 0. The Hall–Kier alpha value is -0.200. The van der Waals surface area contributed by atoms with E-state index in [0.717, 1.165) is 32.4 Å². The van der Waals surface area contributed by atoms with E-state index in [-0.39, 0.29) is 6.54 Å². The highest BCUT2D eigenvalue weighted by Gasteiger charge is 2.09. The number of hydrogen-bond donors (Lipinski definition) is 5. The van der Waals surface area contributed by atoms with E-state index in [4.69, 9.17) is 11.5 Å². The third-order valence-corrected chi connectivity index (χ3v) is 2.25. The van der Waals surface area contributed by atoms with E-state index < -0.39 is 12.2 Å². The van der Waals surface area contributed by atoms with Crippen LogP contribution in [0.3, 0.4) is 0 Å². The minimum absolute atomic E-state index is 0.202. The highest BCUT2D eigenvalue weighted by molar-refractivity contribution is 4.66. The zero-order chi connectivity index (χ0) is 11.5. The van der Waals surface area contributed by atoms with E-state index in [9.17, 15) is 10.2 Å². The van der Waals surface area contributed by atoms with E-state index >= 15 is 0 Å². The van der Waals surface area contributed by atoms with Crippen LogP contribution in [0.4, 0.5) is 0 Å². The second-order valence-electron chi connectivity index (χ2n) is 3.83. The molecule has 0 saturated heterocycles. The van der Waals surface area contributed by atoms with Crippen molar-refractivity contribution in [3.8, 4) is 0 Å². The van der Waals surface area contributed by atoms with Crippen LogP contribution in [0.15, 0.2) is 0 Å². The van der Waals surface area contributed by atoms with E-state index in [2.05, 4.69) is 5.32 Å². The van der Waals surface area contributed by atoms with Gasteiger partial charge in [0.2, 0.25) is 0 Å². The number of rotatable bonds is 10. The van der Waals surface area contributed by atoms with Gasteiger partial charge in [-0.2, -0.15) is 0 Å². The second-order valence-corrected chi connectivity index (χ2v) is 3.83. The summed E-state index contributed by atoms with van der Waals surface area (Å²) in [4.78, 5) is 0. The molecule has 0 radical (unpaired) electrons. The molecule has 0 rings (SSSR count). The molecule has 0 heterocycles. The Morgan fingerprint density at radius 3 is 2.33 bits per heavy atom. The zero-order valence-electron chi connectivity index (χ0n) is 9.36. The van der Waals surface area contributed by atoms with Gasteiger partial charge in [0.05, 0.1) is 12.2 Å². The highest BCUT2D eigenvalue weighted by atomic mass is 16.3. The molecule has 0 amide bonds. The molecule has 0 aliphatic heterocycles. The Morgan fingerprint density at radius 2 is 1.73 bits per heavy atom. The lowest BCUT2D eigenvalue weighted by atomic mass is 10.1. The van der Waals surface area contributed by atoms with Crippen LogP contribution in [0.5, 0.6) is 0 Å². The molecule has 0 aliphatic rings. The summed E-state index contributed by atoms with van der Waals surface area (Å²) in [5, 5.41) is 21.8. The van der Waals surface area contributed by atoms with Gasteiger partial charge in [0.1, 0.15) is 0 Å². The first-order valence-corrected chi connectivity index (χ1v) is 5.67. The van der Waals surface area contributed by atoms with Crippen LogP contribution in [0.2, 0.25) is 0 Å². The normalized spacial score (nSPS) is 15.2. The fourth-order valence-electron chi connectivity index (χ4n) is 1.33. The van der Waals surface area contributed by atoms with Crippen LogP contribution >= 0.6 is 0 Å². The molecule has 0 aromatic rings. The van der Waals surface area contributed by atoms with Gasteiger partial charge in [-0.05, 0) is 25.9 Å². The molecule has 0 aliphatic carbocycles. The maximum atomic E-state index is 9.46. The maximum Gasteiger partial charge on any atom is 0.0689 e. The maximum absolute atomic E-state index is 9.46. The average Bonchev–Trinajstić information content (AvgIpc) is 2.23. The van der Waals surface area contributed by atoms with Crippen molar-refractivity contribution < 1.29 is 10.2 Å². The zero-order valence-corrected chi connectivity index (χ0v) is 9.36. The van der Waals surface area contributed by atoms with Crippen molar-refractivity contribution in [1.29, 1.82) is 0 Å². The summed E-state index contributed by atoms with van der Waals surface area (Å²) in [6.45, 7) is 2.34. The van der Waals surface area contributed by atoms with Crippen LogP contribution in [0, 0.1) is 0 Å². The lowest BCUT2D eigenvalue weighted by Crippen LogP contribution is -2.33. The van der Waals surface area contributed by atoms with Crippen molar-refractivity contribution in [2.75, 3.05) is 26.2 Å². The monoisotopic (exact) mass is 219 g/mol. The fraction of sp³-hybridized carbons (Fsp3) is 1.00. The Bertz CT molecular complexity index is 136. The highest BCUT2D eigenvalue weighted by Crippen LogP contribution is 1.96. The van der Waals surface area contributed by atoms with Gasteiger partial charge in [0.25, 0.3) is 0 Å². The second kappa shape index (κ2) is 10.3. The Labute approximate surface area is 91.8 Å². The molecular formula is C10H25N3O2. The minimum atomic E-state index is -0.598. The van der Waals surface area contributed by atoms with Crippen LogP contribution in [-0.4, -0.2) is 48.6 Å². The van der Waals surface area contributed by atoms with Crippen LogP contribution < -0.4 is 16.8 Å². The van der Waals surface area contributed by atoms with Crippen molar-refractivity contribution in [3.05, 3.63) is 0 Å². The lowest BCUT2D eigenvalue weighted by molar-refractivity contribution is 0.0847. The van der Waals surface area contributed by atoms with Gasteiger partial charge in [-0.15, -0.1) is 0 Å². The van der Waals surface area contributed by atoms with Crippen molar-refractivity contribution in [1.82, 2.24) is 5.32 Å². The third-order valence-electron chi connectivity index (χ3n) is 2.25. The summed E-state index contributed by atoms with van der Waals surface area (Å²) in [6.07, 6.45) is 2.47. The van der Waals surface area contributed by atoms with Gasteiger partial charge in [-0.1, -0.05) is 6.42 Å². The number of aliphatic hydroxyl groups is 2. The molecule has 0 bridgehead atoms. The van der Waals surface area contributed by atoms with E-state index in [1.807, 2.05) is 0 Å². The van der Waals surface area contributed by atoms with Crippen LogP contribution in [0.25, 0.3) is 0 Å². The molecule has 0 aromatic carbocycles. The molecule has 0 fully saturated rings. The van der Waals surface area contributed by atoms with Crippen LogP contribution in [0.1, 0.15) is 25.7 Å². The summed E-state index contributed by atoms with van der Waals surface area (Å²) in [5.41, 5.74) is 10.6. The van der Waals surface area contributed by atoms with Gasteiger partial charge in [0, 0.05) is 19.5 Å². The number of aliphatic hydroxyl groups excluding tert-OH is 2. The van der Waals surface area contributed by atoms with E-state index in [1.54, 1.807) is 0 Å². The number of unbranched alkanes of at least 4 members (excludes halogenated alkanes) is 2. The predicted molar refractivity (Wildman–Crippen MR) is 61.5 cm³/mol. The number of nitrogens with one attached hydrogen (secondary N) is 1. The van der Waals surface area contributed by atoms with Gasteiger partial charge in [-0.25, -0.2) is 0 Å². The molecule has 5 nitrogen and oxygen atoms in total. The molecule has 0 aromatic heterocycles.